The predicted molar refractivity (Wildman–Crippen MR) is 121 cm³/mol. The minimum absolute atomic E-state index is 0.223. The van der Waals surface area contributed by atoms with Crippen LogP contribution in [-0.2, 0) is 0 Å². The Balaban J connectivity index is 1.80. The van der Waals surface area contributed by atoms with Crippen molar-refractivity contribution < 1.29 is 9.53 Å². The summed E-state index contributed by atoms with van der Waals surface area (Å²) >= 11 is 0. The van der Waals surface area contributed by atoms with Crippen LogP contribution in [0.2, 0.25) is 0 Å². The van der Waals surface area contributed by atoms with Gasteiger partial charge in [-0.15, -0.1) is 0 Å². The van der Waals surface area contributed by atoms with Crippen molar-refractivity contribution in [1.29, 1.82) is 0 Å². The summed E-state index contributed by atoms with van der Waals surface area (Å²) in [4.78, 5) is 14.5. The second-order valence-electron chi connectivity index (χ2n) is 6.90. The van der Waals surface area contributed by atoms with E-state index in [1.54, 1.807) is 6.21 Å². The summed E-state index contributed by atoms with van der Waals surface area (Å²) in [6.07, 6.45) is 6.40. The molecule has 2 rings (SSSR count). The van der Waals surface area contributed by atoms with Crippen LogP contribution in [0, 0.1) is 0 Å². The fourth-order valence-electron chi connectivity index (χ4n) is 3.01. The third kappa shape index (κ3) is 7.60. The third-order valence-corrected chi connectivity index (χ3v) is 4.78. The van der Waals surface area contributed by atoms with Crippen molar-refractivity contribution in [1.82, 2.24) is 5.43 Å². The van der Waals surface area contributed by atoms with Gasteiger partial charge in [0, 0.05) is 24.3 Å². The zero-order chi connectivity index (χ0) is 20.9. The summed E-state index contributed by atoms with van der Waals surface area (Å²) in [6.45, 7) is 9.06. The van der Waals surface area contributed by atoms with E-state index in [4.69, 9.17) is 4.74 Å². The lowest BCUT2D eigenvalue weighted by molar-refractivity contribution is 0.0955. The van der Waals surface area contributed by atoms with Crippen LogP contribution >= 0.6 is 0 Å². The van der Waals surface area contributed by atoms with E-state index in [1.165, 1.54) is 19.3 Å². The number of rotatable bonds is 12. The number of hydrogen-bond acceptors (Lipinski definition) is 4. The Hall–Kier alpha value is -2.82. The van der Waals surface area contributed by atoms with E-state index in [-0.39, 0.29) is 5.91 Å². The molecule has 0 fully saturated rings. The molecule has 5 heteroatoms. The molecule has 0 aromatic heterocycles. The quantitative estimate of drug-likeness (QED) is 0.303. The topological polar surface area (TPSA) is 53.9 Å². The molecule has 0 atom stereocenters. The van der Waals surface area contributed by atoms with E-state index in [2.05, 4.69) is 36.2 Å². The first-order chi connectivity index (χ1) is 14.2. The largest absolute Gasteiger partial charge is 0.494 e. The molecule has 0 bridgehead atoms. The van der Waals surface area contributed by atoms with E-state index in [0.717, 1.165) is 43.1 Å². The summed E-state index contributed by atoms with van der Waals surface area (Å²) in [5, 5.41) is 4.06. The fourth-order valence-corrected chi connectivity index (χ4v) is 3.01. The number of benzene rings is 2. The number of hydrogen-bond donors (Lipinski definition) is 1. The van der Waals surface area contributed by atoms with Gasteiger partial charge in [-0.05, 0) is 74.4 Å². The lowest BCUT2D eigenvalue weighted by Gasteiger charge is -2.20. The summed E-state index contributed by atoms with van der Waals surface area (Å²) in [6, 6.07) is 15.3. The number of nitrogens with zero attached hydrogens (tertiary/aromatic N) is 2. The smallest absolute Gasteiger partial charge is 0.271 e. The highest BCUT2D eigenvalue weighted by molar-refractivity contribution is 5.95. The number of carbonyl (C=O) groups is 1. The number of anilines is 1. The highest BCUT2D eigenvalue weighted by Crippen LogP contribution is 2.15. The fraction of sp³-hybridized carbons (Fsp3) is 0.417. The number of unbranched alkanes of at least 4 members (excludes halogenated alkanes) is 3. The molecular formula is C24H33N3O2. The normalized spacial score (nSPS) is 10.9. The van der Waals surface area contributed by atoms with Gasteiger partial charge in [0.25, 0.3) is 5.91 Å². The van der Waals surface area contributed by atoms with E-state index in [9.17, 15) is 4.79 Å². The van der Waals surface area contributed by atoms with Crippen molar-refractivity contribution in [2.24, 2.45) is 5.10 Å². The minimum Gasteiger partial charge on any atom is -0.494 e. The summed E-state index contributed by atoms with van der Waals surface area (Å²) in [7, 11) is 0. The first kappa shape index (κ1) is 22.5. The summed E-state index contributed by atoms with van der Waals surface area (Å²) in [5.74, 6) is 0.635. The van der Waals surface area contributed by atoms with Gasteiger partial charge in [0.15, 0.2) is 0 Å². The molecule has 29 heavy (non-hydrogen) atoms. The van der Waals surface area contributed by atoms with E-state index in [1.807, 2.05) is 48.5 Å². The van der Waals surface area contributed by atoms with Crippen molar-refractivity contribution in [3.8, 4) is 5.75 Å². The van der Waals surface area contributed by atoms with E-state index >= 15 is 0 Å². The number of hydrazone groups is 1. The van der Waals surface area contributed by atoms with Crippen LogP contribution in [0.1, 0.15) is 62.4 Å². The first-order valence-corrected chi connectivity index (χ1v) is 10.6. The number of nitrogens with one attached hydrogen (secondary N) is 1. The van der Waals surface area contributed by atoms with Gasteiger partial charge >= 0.3 is 0 Å². The third-order valence-electron chi connectivity index (χ3n) is 4.78. The maximum absolute atomic E-state index is 12.2. The average molecular weight is 396 g/mol. The van der Waals surface area contributed by atoms with Gasteiger partial charge in [0.05, 0.1) is 12.8 Å². The predicted octanol–water partition coefficient (Wildman–Crippen LogP) is 5.26. The Kier molecular flexibility index (Phi) is 9.76. The van der Waals surface area contributed by atoms with Crippen LogP contribution in [0.25, 0.3) is 0 Å². The molecule has 5 nitrogen and oxygen atoms in total. The van der Waals surface area contributed by atoms with Gasteiger partial charge < -0.3 is 9.64 Å². The molecule has 0 saturated carbocycles. The molecule has 0 saturated heterocycles. The highest BCUT2D eigenvalue weighted by atomic mass is 16.5. The maximum atomic E-state index is 12.2. The molecule has 0 unspecified atom stereocenters. The van der Waals surface area contributed by atoms with Gasteiger partial charge in [-0.25, -0.2) is 5.43 Å². The van der Waals surface area contributed by atoms with Gasteiger partial charge in [-0.2, -0.15) is 5.10 Å². The van der Waals surface area contributed by atoms with Crippen molar-refractivity contribution in [3.05, 3.63) is 59.7 Å². The lowest BCUT2D eigenvalue weighted by atomic mass is 10.2. The van der Waals surface area contributed by atoms with E-state index < -0.39 is 0 Å². The molecule has 2 aromatic rings. The molecule has 0 aliphatic carbocycles. The summed E-state index contributed by atoms with van der Waals surface area (Å²) in [5.41, 5.74) is 5.18. The monoisotopic (exact) mass is 395 g/mol. The zero-order valence-electron chi connectivity index (χ0n) is 17.9. The Labute approximate surface area is 174 Å². The molecule has 1 N–H and O–H groups in total. The van der Waals surface area contributed by atoms with Gasteiger partial charge in [-0.1, -0.05) is 26.2 Å². The van der Waals surface area contributed by atoms with Crippen molar-refractivity contribution in [2.75, 3.05) is 24.6 Å². The molecule has 0 aliphatic rings. The molecular weight excluding hydrogens is 362 g/mol. The summed E-state index contributed by atoms with van der Waals surface area (Å²) < 4.78 is 5.73. The van der Waals surface area contributed by atoms with Crippen LogP contribution in [-0.4, -0.2) is 31.8 Å². The van der Waals surface area contributed by atoms with Crippen LogP contribution in [0.4, 0.5) is 5.69 Å². The lowest BCUT2D eigenvalue weighted by Crippen LogP contribution is -2.22. The Bertz CT molecular complexity index is 751. The molecule has 0 heterocycles. The highest BCUT2D eigenvalue weighted by Gasteiger charge is 2.06. The molecule has 0 radical (unpaired) electrons. The molecule has 0 spiro atoms. The van der Waals surface area contributed by atoms with Gasteiger partial charge in [0.1, 0.15) is 5.75 Å². The Morgan fingerprint density at radius 1 is 0.966 bits per heavy atom. The first-order valence-electron chi connectivity index (χ1n) is 10.6. The molecule has 0 aliphatic heterocycles. The second-order valence-corrected chi connectivity index (χ2v) is 6.90. The van der Waals surface area contributed by atoms with Crippen LogP contribution < -0.4 is 15.1 Å². The van der Waals surface area contributed by atoms with Crippen molar-refractivity contribution >= 4 is 17.8 Å². The van der Waals surface area contributed by atoms with E-state index in [0.29, 0.717) is 5.56 Å². The standard InChI is InChI=1S/C24H33N3O2/c1-4-7-8-9-18-29-23-16-10-20(11-17-23)19-25-26-24(28)21-12-14-22(15-13-21)27(5-2)6-3/h10-17,19H,4-9,18H2,1-3H3,(H,26,28)/b25-19-. The average Bonchev–Trinajstić information content (AvgIpc) is 2.76. The SMILES string of the molecule is CCCCCCOc1ccc(/C=N\NC(=O)c2ccc(N(CC)CC)cc2)cc1. The van der Waals surface area contributed by atoms with Crippen LogP contribution in [0.3, 0.4) is 0 Å². The molecule has 2 aromatic carbocycles. The maximum Gasteiger partial charge on any atom is 0.271 e. The van der Waals surface area contributed by atoms with Gasteiger partial charge in [-0.3, -0.25) is 4.79 Å². The second kappa shape index (κ2) is 12.6. The molecule has 156 valence electrons. The van der Waals surface area contributed by atoms with Crippen LogP contribution in [0.5, 0.6) is 5.75 Å². The number of carbonyl (C=O) groups excluding carboxylic acids is 1. The van der Waals surface area contributed by atoms with Crippen molar-refractivity contribution in [2.45, 2.75) is 46.5 Å². The number of ether oxygens (including phenoxy) is 1. The molecule has 1 amide bonds. The van der Waals surface area contributed by atoms with Crippen LogP contribution in [0.15, 0.2) is 53.6 Å². The Morgan fingerprint density at radius 2 is 1.66 bits per heavy atom. The zero-order valence-corrected chi connectivity index (χ0v) is 17.9. The minimum atomic E-state index is -0.223. The van der Waals surface area contributed by atoms with Gasteiger partial charge in [0.2, 0.25) is 0 Å². The number of amides is 1. The Morgan fingerprint density at radius 3 is 2.28 bits per heavy atom. The van der Waals surface area contributed by atoms with Crippen molar-refractivity contribution in [3.63, 3.8) is 0 Å².